The topological polar surface area (TPSA) is 31.6 Å². The van der Waals surface area contributed by atoms with Crippen molar-refractivity contribution in [2.45, 2.75) is 6.29 Å². The Kier molecular flexibility index (Phi) is 1.98. The Hall–Kier alpha value is -0.320. The van der Waals surface area contributed by atoms with Gasteiger partial charge in [-0.15, -0.1) is 0 Å². The highest BCUT2D eigenvalue weighted by atomic mass is 79.9. The van der Waals surface area contributed by atoms with Crippen LogP contribution in [0.25, 0.3) is 0 Å². The van der Waals surface area contributed by atoms with E-state index in [1.807, 2.05) is 6.07 Å². The highest BCUT2D eigenvalue weighted by Crippen LogP contribution is 2.30. The third-order valence-electron chi connectivity index (χ3n) is 1.48. The number of halogens is 1. The molecule has 0 aromatic carbocycles. The molecule has 0 radical (unpaired) electrons. The van der Waals surface area contributed by atoms with Gasteiger partial charge < -0.3 is 13.9 Å². The van der Waals surface area contributed by atoms with E-state index in [4.69, 9.17) is 13.9 Å². The van der Waals surface area contributed by atoms with E-state index in [0.717, 1.165) is 4.47 Å². The van der Waals surface area contributed by atoms with Gasteiger partial charge in [0.2, 0.25) is 6.29 Å². The fourth-order valence-electron chi connectivity index (χ4n) is 0.983. The minimum absolute atomic E-state index is 0.320. The molecular formula is C7H7BrO3. The number of ether oxygens (including phenoxy) is 2. The lowest BCUT2D eigenvalue weighted by atomic mass is 10.4. The maximum absolute atomic E-state index is 5.23. The second-order valence-electron chi connectivity index (χ2n) is 2.21. The highest BCUT2D eigenvalue weighted by Gasteiger charge is 2.23. The molecule has 0 atom stereocenters. The van der Waals surface area contributed by atoms with E-state index in [0.29, 0.717) is 19.0 Å². The van der Waals surface area contributed by atoms with Gasteiger partial charge in [-0.1, -0.05) is 0 Å². The molecule has 1 aliphatic rings. The van der Waals surface area contributed by atoms with Gasteiger partial charge in [0.1, 0.15) is 0 Å². The van der Waals surface area contributed by atoms with Crippen molar-refractivity contribution in [3.63, 3.8) is 0 Å². The Morgan fingerprint density at radius 3 is 2.64 bits per heavy atom. The summed E-state index contributed by atoms with van der Waals surface area (Å²) in [7, 11) is 0. The van der Waals surface area contributed by atoms with Crippen molar-refractivity contribution in [2.75, 3.05) is 13.2 Å². The van der Waals surface area contributed by atoms with E-state index in [1.54, 1.807) is 6.26 Å². The van der Waals surface area contributed by atoms with Crippen molar-refractivity contribution in [3.8, 4) is 0 Å². The summed E-state index contributed by atoms with van der Waals surface area (Å²) in [5.41, 5.74) is 0. The Bertz CT molecular complexity index is 240. The third kappa shape index (κ3) is 1.34. The van der Waals surface area contributed by atoms with Crippen LogP contribution in [0.3, 0.4) is 0 Å². The fraction of sp³-hybridized carbons (Fsp3) is 0.429. The van der Waals surface area contributed by atoms with Gasteiger partial charge in [0.05, 0.1) is 23.9 Å². The summed E-state index contributed by atoms with van der Waals surface area (Å²) in [6.45, 7) is 1.27. The van der Waals surface area contributed by atoms with Gasteiger partial charge >= 0.3 is 0 Å². The molecule has 2 heterocycles. The molecule has 1 saturated heterocycles. The normalized spacial score (nSPS) is 19.4. The first-order valence-corrected chi connectivity index (χ1v) is 4.13. The highest BCUT2D eigenvalue weighted by molar-refractivity contribution is 9.10. The van der Waals surface area contributed by atoms with E-state index in [9.17, 15) is 0 Å². The van der Waals surface area contributed by atoms with Crippen LogP contribution in [0.5, 0.6) is 0 Å². The zero-order valence-electron chi connectivity index (χ0n) is 5.75. The molecule has 4 heteroatoms. The lowest BCUT2D eigenvalue weighted by molar-refractivity contribution is -0.0594. The van der Waals surface area contributed by atoms with E-state index in [1.165, 1.54) is 0 Å². The van der Waals surface area contributed by atoms with Crippen LogP contribution < -0.4 is 0 Å². The van der Waals surface area contributed by atoms with Crippen LogP contribution in [0, 0.1) is 0 Å². The molecule has 3 nitrogen and oxygen atoms in total. The van der Waals surface area contributed by atoms with Gasteiger partial charge in [-0.3, -0.25) is 0 Å². The van der Waals surface area contributed by atoms with Crippen LogP contribution in [0.4, 0.5) is 0 Å². The molecule has 2 rings (SSSR count). The summed E-state index contributed by atoms with van der Waals surface area (Å²) in [6.07, 6.45) is 1.28. The first-order chi connectivity index (χ1) is 5.38. The molecule has 11 heavy (non-hydrogen) atoms. The Morgan fingerprint density at radius 2 is 2.09 bits per heavy atom. The summed E-state index contributed by atoms with van der Waals surface area (Å²) in [6, 6.07) is 1.82. The lowest BCUT2D eigenvalue weighted by Gasteiger charge is -2.04. The summed E-state index contributed by atoms with van der Waals surface area (Å²) >= 11 is 3.32. The van der Waals surface area contributed by atoms with Crippen molar-refractivity contribution in [3.05, 3.63) is 22.6 Å². The Morgan fingerprint density at radius 1 is 1.36 bits per heavy atom. The lowest BCUT2D eigenvalue weighted by Crippen LogP contribution is -1.95. The van der Waals surface area contributed by atoms with E-state index >= 15 is 0 Å². The van der Waals surface area contributed by atoms with Gasteiger partial charge in [0.25, 0.3) is 0 Å². The smallest absolute Gasteiger partial charge is 0.218 e. The largest absolute Gasteiger partial charge is 0.463 e. The van der Waals surface area contributed by atoms with Crippen LogP contribution in [-0.2, 0) is 9.47 Å². The predicted octanol–water partition coefficient (Wildman–Crippen LogP) is 2.09. The molecule has 0 unspecified atom stereocenters. The first kappa shape index (κ1) is 7.34. The van der Waals surface area contributed by atoms with Gasteiger partial charge in [0.15, 0.2) is 5.76 Å². The summed E-state index contributed by atoms with van der Waals surface area (Å²) in [5, 5.41) is 0. The van der Waals surface area contributed by atoms with Crippen LogP contribution in [0.2, 0.25) is 0 Å². The molecular weight excluding hydrogens is 212 g/mol. The molecule has 0 amide bonds. The van der Waals surface area contributed by atoms with Crippen LogP contribution in [-0.4, -0.2) is 13.2 Å². The molecule has 1 aromatic heterocycles. The first-order valence-electron chi connectivity index (χ1n) is 3.34. The van der Waals surface area contributed by atoms with E-state index in [-0.39, 0.29) is 6.29 Å². The second kappa shape index (κ2) is 2.97. The maximum atomic E-state index is 5.23. The summed E-state index contributed by atoms with van der Waals surface area (Å²) in [4.78, 5) is 0. The molecule has 1 aromatic rings. The molecule has 60 valence electrons. The Balaban J connectivity index is 2.21. The average molecular weight is 219 g/mol. The minimum atomic E-state index is -0.320. The molecule has 0 N–H and O–H groups in total. The van der Waals surface area contributed by atoms with Crippen LogP contribution in [0.15, 0.2) is 21.2 Å². The maximum Gasteiger partial charge on any atom is 0.218 e. The van der Waals surface area contributed by atoms with Gasteiger partial charge in [0, 0.05) is 0 Å². The van der Waals surface area contributed by atoms with Crippen molar-refractivity contribution < 1.29 is 13.9 Å². The standard InChI is InChI=1S/C7H7BrO3/c8-5-1-2-9-6(5)7-10-3-4-11-7/h1-2,7H,3-4H2. The van der Waals surface area contributed by atoms with Crippen molar-refractivity contribution >= 4 is 15.9 Å². The van der Waals surface area contributed by atoms with Crippen molar-refractivity contribution in [2.24, 2.45) is 0 Å². The van der Waals surface area contributed by atoms with Crippen LogP contribution >= 0.6 is 15.9 Å². The average Bonchev–Trinajstić information content (AvgIpc) is 2.55. The molecule has 0 aliphatic carbocycles. The van der Waals surface area contributed by atoms with Crippen molar-refractivity contribution in [1.82, 2.24) is 0 Å². The van der Waals surface area contributed by atoms with Gasteiger partial charge in [-0.2, -0.15) is 0 Å². The van der Waals surface area contributed by atoms with Crippen molar-refractivity contribution in [1.29, 1.82) is 0 Å². The van der Waals surface area contributed by atoms with E-state index < -0.39 is 0 Å². The summed E-state index contributed by atoms with van der Waals surface area (Å²) < 4.78 is 16.5. The molecule has 0 bridgehead atoms. The van der Waals surface area contributed by atoms with Crippen LogP contribution in [0.1, 0.15) is 12.1 Å². The number of rotatable bonds is 1. The summed E-state index contributed by atoms with van der Waals surface area (Å²) in [5.74, 6) is 0.711. The van der Waals surface area contributed by atoms with E-state index in [2.05, 4.69) is 15.9 Å². The molecule has 1 fully saturated rings. The monoisotopic (exact) mass is 218 g/mol. The minimum Gasteiger partial charge on any atom is -0.463 e. The molecule has 1 aliphatic heterocycles. The van der Waals surface area contributed by atoms with Gasteiger partial charge in [-0.05, 0) is 22.0 Å². The second-order valence-corrected chi connectivity index (χ2v) is 3.06. The number of hydrogen-bond donors (Lipinski definition) is 0. The zero-order chi connectivity index (χ0) is 7.68. The molecule has 0 spiro atoms. The predicted molar refractivity (Wildman–Crippen MR) is 41.1 cm³/mol. The number of hydrogen-bond acceptors (Lipinski definition) is 3. The van der Waals surface area contributed by atoms with Gasteiger partial charge in [-0.25, -0.2) is 0 Å². The zero-order valence-corrected chi connectivity index (χ0v) is 7.33. The Labute approximate surface area is 72.4 Å². The quantitative estimate of drug-likeness (QED) is 0.724. The number of furan rings is 1. The molecule has 0 saturated carbocycles. The SMILES string of the molecule is Brc1ccoc1C1OCCO1. The fourth-order valence-corrected chi connectivity index (χ4v) is 1.37. The third-order valence-corrected chi connectivity index (χ3v) is 2.14.